The van der Waals surface area contributed by atoms with Crippen LogP contribution in [0.4, 0.5) is 23.0 Å². The molecule has 0 unspecified atom stereocenters. The lowest BCUT2D eigenvalue weighted by molar-refractivity contribution is 0.587. The molecule has 3 rings (SSSR count). The molecule has 32 heavy (non-hydrogen) atoms. The van der Waals surface area contributed by atoms with Gasteiger partial charge < -0.3 is 10.6 Å². The number of sulfonamides is 1. The highest BCUT2D eigenvalue weighted by Crippen LogP contribution is 2.28. The summed E-state index contributed by atoms with van der Waals surface area (Å²) in [5.41, 5.74) is 1.68. The molecule has 0 atom stereocenters. The SMILES string of the molecule is CNS(=O)(=O)c1ccc(S(C)(=O)=O)c(Nc2cc(Nc3ccc(CC#N)cc3)ncn2)c1. The molecule has 0 saturated heterocycles. The van der Waals surface area contributed by atoms with Crippen LogP contribution in [0.3, 0.4) is 0 Å². The van der Waals surface area contributed by atoms with Gasteiger partial charge in [-0.1, -0.05) is 12.1 Å². The summed E-state index contributed by atoms with van der Waals surface area (Å²) in [4.78, 5) is 8.06. The molecule has 10 nitrogen and oxygen atoms in total. The Kier molecular flexibility index (Phi) is 6.73. The lowest BCUT2D eigenvalue weighted by Gasteiger charge is -2.13. The third-order valence-electron chi connectivity index (χ3n) is 4.37. The average molecular weight is 473 g/mol. The first-order valence-electron chi connectivity index (χ1n) is 9.22. The highest BCUT2D eigenvalue weighted by molar-refractivity contribution is 7.91. The minimum atomic E-state index is -3.78. The van der Waals surface area contributed by atoms with Crippen LogP contribution in [0.1, 0.15) is 5.56 Å². The summed E-state index contributed by atoms with van der Waals surface area (Å²) in [7, 11) is -6.17. The second-order valence-corrected chi connectivity index (χ2v) is 10.6. The van der Waals surface area contributed by atoms with Crippen LogP contribution in [-0.4, -0.2) is 40.1 Å². The van der Waals surface area contributed by atoms with E-state index in [1.54, 1.807) is 18.2 Å². The summed E-state index contributed by atoms with van der Waals surface area (Å²) in [5, 5.41) is 14.7. The number of aromatic nitrogens is 2. The van der Waals surface area contributed by atoms with Gasteiger partial charge in [0.15, 0.2) is 9.84 Å². The van der Waals surface area contributed by atoms with E-state index in [0.717, 1.165) is 17.5 Å². The summed E-state index contributed by atoms with van der Waals surface area (Å²) < 4.78 is 50.9. The lowest BCUT2D eigenvalue weighted by atomic mass is 10.1. The van der Waals surface area contributed by atoms with Crippen molar-refractivity contribution < 1.29 is 16.8 Å². The van der Waals surface area contributed by atoms with E-state index in [1.807, 2.05) is 12.1 Å². The highest BCUT2D eigenvalue weighted by Gasteiger charge is 2.19. The van der Waals surface area contributed by atoms with Gasteiger partial charge in [-0.25, -0.2) is 31.5 Å². The molecule has 0 amide bonds. The van der Waals surface area contributed by atoms with Crippen molar-refractivity contribution in [1.29, 1.82) is 5.26 Å². The Labute approximate surface area is 186 Å². The summed E-state index contributed by atoms with van der Waals surface area (Å²) in [5.74, 6) is 0.683. The summed E-state index contributed by atoms with van der Waals surface area (Å²) >= 11 is 0. The van der Waals surface area contributed by atoms with Crippen molar-refractivity contribution in [3.63, 3.8) is 0 Å². The first-order valence-corrected chi connectivity index (χ1v) is 12.6. The fourth-order valence-electron chi connectivity index (χ4n) is 2.79. The molecule has 2 aromatic carbocycles. The van der Waals surface area contributed by atoms with Gasteiger partial charge in [-0.15, -0.1) is 0 Å². The van der Waals surface area contributed by atoms with E-state index in [0.29, 0.717) is 12.2 Å². The van der Waals surface area contributed by atoms with Gasteiger partial charge in [-0.05, 0) is 42.9 Å². The van der Waals surface area contributed by atoms with Crippen LogP contribution in [0.15, 0.2) is 64.6 Å². The second kappa shape index (κ2) is 9.31. The van der Waals surface area contributed by atoms with E-state index < -0.39 is 19.9 Å². The van der Waals surface area contributed by atoms with E-state index in [-0.39, 0.29) is 21.3 Å². The van der Waals surface area contributed by atoms with Gasteiger partial charge in [-0.2, -0.15) is 5.26 Å². The van der Waals surface area contributed by atoms with Gasteiger partial charge in [0.2, 0.25) is 10.0 Å². The van der Waals surface area contributed by atoms with Crippen LogP contribution < -0.4 is 15.4 Å². The maximum Gasteiger partial charge on any atom is 0.240 e. The third kappa shape index (κ3) is 5.58. The molecule has 3 aromatic rings. The highest BCUT2D eigenvalue weighted by atomic mass is 32.2. The van der Waals surface area contributed by atoms with Crippen molar-refractivity contribution in [3.8, 4) is 6.07 Å². The van der Waals surface area contributed by atoms with Gasteiger partial charge in [0.1, 0.15) is 18.0 Å². The average Bonchev–Trinajstić information content (AvgIpc) is 2.75. The normalized spacial score (nSPS) is 11.5. The lowest BCUT2D eigenvalue weighted by Crippen LogP contribution is -2.19. The number of benzene rings is 2. The minimum Gasteiger partial charge on any atom is -0.340 e. The van der Waals surface area contributed by atoms with Crippen molar-refractivity contribution in [3.05, 3.63) is 60.4 Å². The van der Waals surface area contributed by atoms with Crippen molar-refractivity contribution in [2.75, 3.05) is 23.9 Å². The molecule has 12 heteroatoms. The van der Waals surface area contributed by atoms with Crippen molar-refractivity contribution >= 4 is 42.9 Å². The Morgan fingerprint density at radius 3 is 2.19 bits per heavy atom. The van der Waals surface area contributed by atoms with Crippen LogP contribution in [0.2, 0.25) is 0 Å². The topological polar surface area (TPSA) is 154 Å². The predicted octanol–water partition coefficient (Wildman–Crippen LogP) is 2.34. The van der Waals surface area contributed by atoms with Crippen molar-refractivity contribution in [1.82, 2.24) is 14.7 Å². The molecule has 0 bridgehead atoms. The van der Waals surface area contributed by atoms with E-state index in [2.05, 4.69) is 31.4 Å². The Morgan fingerprint density at radius 2 is 1.59 bits per heavy atom. The third-order valence-corrected chi connectivity index (χ3v) is 6.94. The number of nitrogens with one attached hydrogen (secondary N) is 3. The quantitative estimate of drug-likeness (QED) is 0.448. The summed E-state index contributed by atoms with van der Waals surface area (Å²) in [6.45, 7) is 0. The van der Waals surface area contributed by atoms with Crippen LogP contribution in [0.25, 0.3) is 0 Å². The molecule has 1 aromatic heterocycles. The summed E-state index contributed by atoms with van der Waals surface area (Å²) in [6.07, 6.45) is 2.62. The van der Waals surface area contributed by atoms with Gasteiger partial charge in [0.05, 0.1) is 28.0 Å². The Balaban J connectivity index is 1.91. The predicted molar refractivity (Wildman–Crippen MR) is 120 cm³/mol. The first-order chi connectivity index (χ1) is 15.1. The molecular formula is C20H20N6O4S2. The zero-order valence-corrected chi connectivity index (χ0v) is 18.8. The Bertz CT molecular complexity index is 1380. The number of anilines is 4. The van der Waals surface area contributed by atoms with Gasteiger partial charge in [0.25, 0.3) is 0 Å². The molecular weight excluding hydrogens is 452 g/mol. The van der Waals surface area contributed by atoms with E-state index in [9.17, 15) is 16.8 Å². The van der Waals surface area contributed by atoms with Crippen LogP contribution in [0.5, 0.6) is 0 Å². The standard InChI is InChI=1S/C20H20N6O4S2/c1-22-32(29,30)16-7-8-18(31(2,27)28)17(11-16)26-20-12-19(23-13-24-20)25-15-5-3-14(4-6-15)9-10-21/h3-8,11-13,22H,9H2,1-2H3,(H2,23,24,25,26). The molecule has 166 valence electrons. The Hall–Kier alpha value is -3.53. The molecule has 0 fully saturated rings. The largest absolute Gasteiger partial charge is 0.340 e. The van der Waals surface area contributed by atoms with Crippen LogP contribution >= 0.6 is 0 Å². The van der Waals surface area contributed by atoms with Crippen LogP contribution in [-0.2, 0) is 26.3 Å². The molecule has 0 saturated carbocycles. The Morgan fingerprint density at radius 1 is 0.938 bits per heavy atom. The van der Waals surface area contributed by atoms with Crippen molar-refractivity contribution in [2.45, 2.75) is 16.2 Å². The minimum absolute atomic E-state index is 0.0642. The zero-order valence-electron chi connectivity index (χ0n) is 17.2. The molecule has 0 aliphatic rings. The number of hydrogen-bond acceptors (Lipinski definition) is 9. The monoisotopic (exact) mass is 472 g/mol. The number of sulfone groups is 1. The van der Waals surface area contributed by atoms with E-state index in [4.69, 9.17) is 5.26 Å². The molecule has 0 spiro atoms. The van der Waals surface area contributed by atoms with Gasteiger partial charge in [-0.3, -0.25) is 0 Å². The number of nitrogens with zero attached hydrogens (tertiary/aromatic N) is 3. The van der Waals surface area contributed by atoms with Crippen molar-refractivity contribution in [2.24, 2.45) is 0 Å². The van der Waals surface area contributed by atoms with Gasteiger partial charge >= 0.3 is 0 Å². The number of hydrogen-bond donors (Lipinski definition) is 3. The maximum atomic E-state index is 12.2. The smallest absolute Gasteiger partial charge is 0.240 e. The first kappa shape index (κ1) is 23.1. The van der Waals surface area contributed by atoms with E-state index >= 15 is 0 Å². The summed E-state index contributed by atoms with van der Waals surface area (Å²) in [6, 6.07) is 14.5. The fraction of sp³-hybridized carbons (Fsp3) is 0.150. The molecule has 1 heterocycles. The van der Waals surface area contributed by atoms with E-state index in [1.165, 1.54) is 31.6 Å². The molecule has 0 radical (unpaired) electrons. The van der Waals surface area contributed by atoms with Gasteiger partial charge in [0, 0.05) is 18.0 Å². The number of rotatable bonds is 8. The molecule has 0 aliphatic heterocycles. The van der Waals surface area contributed by atoms with Crippen LogP contribution in [0, 0.1) is 11.3 Å². The fourth-order valence-corrected chi connectivity index (χ4v) is 4.37. The molecule has 0 aliphatic carbocycles. The second-order valence-electron chi connectivity index (χ2n) is 6.71. The maximum absolute atomic E-state index is 12.2. The zero-order chi connectivity index (χ0) is 23.4. The molecule has 3 N–H and O–H groups in total. The number of nitriles is 1.